The number of fused-ring (bicyclic) bond motifs is 1. The summed E-state index contributed by atoms with van der Waals surface area (Å²) < 4.78 is 0. The van der Waals surface area contributed by atoms with Crippen LogP contribution in [0.4, 0.5) is 0 Å². The number of nitrogens with zero attached hydrogens (tertiary/aromatic N) is 3. The van der Waals surface area contributed by atoms with Crippen molar-refractivity contribution in [3.8, 4) is 0 Å². The van der Waals surface area contributed by atoms with Crippen molar-refractivity contribution in [2.24, 2.45) is 11.8 Å². The molecule has 0 spiro atoms. The van der Waals surface area contributed by atoms with Crippen LogP contribution in [0.25, 0.3) is 0 Å². The van der Waals surface area contributed by atoms with Crippen molar-refractivity contribution in [3.63, 3.8) is 0 Å². The van der Waals surface area contributed by atoms with Crippen molar-refractivity contribution in [2.45, 2.75) is 19.5 Å². The summed E-state index contributed by atoms with van der Waals surface area (Å²) in [5.41, 5.74) is 2.25. The molecule has 2 saturated heterocycles. The summed E-state index contributed by atoms with van der Waals surface area (Å²) in [6, 6.07) is 16.3. The van der Waals surface area contributed by atoms with Crippen LogP contribution in [0.15, 0.2) is 54.7 Å². The predicted molar refractivity (Wildman–Crippen MR) is 106 cm³/mol. The Morgan fingerprint density at radius 2 is 1.86 bits per heavy atom. The van der Waals surface area contributed by atoms with Gasteiger partial charge in [0.25, 0.3) is 0 Å². The molecule has 6 nitrogen and oxygen atoms in total. The molecule has 6 heteroatoms. The third-order valence-corrected chi connectivity index (χ3v) is 5.80. The number of rotatable bonds is 5. The molecule has 2 aromatic rings. The maximum atomic E-state index is 12.8. The van der Waals surface area contributed by atoms with Crippen LogP contribution in [0.3, 0.4) is 0 Å². The summed E-state index contributed by atoms with van der Waals surface area (Å²) in [5, 5.41) is 2.65. The molecule has 1 aromatic carbocycles. The van der Waals surface area contributed by atoms with E-state index in [1.807, 2.05) is 41.4 Å². The number of hydrogen-bond acceptors (Lipinski definition) is 4. The summed E-state index contributed by atoms with van der Waals surface area (Å²) in [5.74, 6) is 0.655. The van der Waals surface area contributed by atoms with Crippen molar-refractivity contribution < 1.29 is 9.59 Å². The van der Waals surface area contributed by atoms with Gasteiger partial charge in [0.15, 0.2) is 0 Å². The topological polar surface area (TPSA) is 65.5 Å². The smallest absolute Gasteiger partial charge is 0.242 e. The normalized spacial score (nSPS) is 24.2. The van der Waals surface area contributed by atoms with Gasteiger partial charge in [-0.2, -0.15) is 0 Å². The van der Waals surface area contributed by atoms with Gasteiger partial charge < -0.3 is 10.2 Å². The number of carbonyl (C=O) groups excluding carboxylic acids is 2. The van der Waals surface area contributed by atoms with E-state index >= 15 is 0 Å². The summed E-state index contributed by atoms with van der Waals surface area (Å²) in [6.07, 6.45) is 1.83. The van der Waals surface area contributed by atoms with Crippen molar-refractivity contribution in [1.82, 2.24) is 20.1 Å². The number of aromatic nitrogens is 1. The van der Waals surface area contributed by atoms with Gasteiger partial charge in [-0.3, -0.25) is 19.5 Å². The molecule has 1 N–H and O–H groups in total. The minimum absolute atomic E-state index is 0.00488. The fraction of sp³-hybridized carbons (Fsp3) is 0.409. The molecule has 146 valence electrons. The summed E-state index contributed by atoms with van der Waals surface area (Å²) in [4.78, 5) is 32.9. The third-order valence-electron chi connectivity index (χ3n) is 5.80. The summed E-state index contributed by atoms with van der Waals surface area (Å²) in [7, 11) is 0. The second-order valence-electron chi connectivity index (χ2n) is 7.75. The fourth-order valence-electron chi connectivity index (χ4n) is 4.62. The van der Waals surface area contributed by atoms with E-state index in [0.29, 0.717) is 11.8 Å². The minimum Gasteiger partial charge on any atom is -0.347 e. The number of amides is 2. The van der Waals surface area contributed by atoms with Gasteiger partial charge in [0.05, 0.1) is 18.3 Å². The maximum Gasteiger partial charge on any atom is 0.242 e. The quantitative estimate of drug-likeness (QED) is 0.862. The molecule has 0 saturated carbocycles. The highest BCUT2D eigenvalue weighted by atomic mass is 16.2. The van der Waals surface area contributed by atoms with E-state index in [1.54, 1.807) is 0 Å². The van der Waals surface area contributed by atoms with Gasteiger partial charge in [-0.15, -0.1) is 0 Å². The van der Waals surface area contributed by atoms with Crippen LogP contribution in [0.2, 0.25) is 0 Å². The molecule has 0 unspecified atom stereocenters. The van der Waals surface area contributed by atoms with Gasteiger partial charge in [0, 0.05) is 45.2 Å². The van der Waals surface area contributed by atoms with E-state index in [4.69, 9.17) is 0 Å². The Morgan fingerprint density at radius 3 is 2.57 bits per heavy atom. The molecule has 0 bridgehead atoms. The van der Waals surface area contributed by atoms with E-state index in [1.165, 1.54) is 12.5 Å². The van der Waals surface area contributed by atoms with Crippen molar-refractivity contribution >= 4 is 11.8 Å². The first-order valence-corrected chi connectivity index (χ1v) is 9.83. The Balaban J connectivity index is 1.51. The van der Waals surface area contributed by atoms with Crippen LogP contribution in [0.1, 0.15) is 24.2 Å². The van der Waals surface area contributed by atoms with Gasteiger partial charge in [0.2, 0.25) is 11.8 Å². The van der Waals surface area contributed by atoms with Gasteiger partial charge in [-0.05, 0) is 23.6 Å². The standard InChI is InChI=1S/C22H26N4O2/c1-16(27)24-11-21(28)26-13-18-12-25(14-19-9-5-6-10-23-19)15-20(18)22(26)17-7-3-2-4-8-17/h2-10,18,20,22H,11-15H2,1H3,(H,24,27)/t18-,20-,22+/m0/s1. The lowest BCUT2D eigenvalue weighted by atomic mass is 9.89. The molecule has 2 amide bonds. The molecule has 1 aromatic heterocycles. The number of hydrogen-bond donors (Lipinski definition) is 1. The predicted octanol–water partition coefficient (Wildman–Crippen LogP) is 1.85. The summed E-state index contributed by atoms with van der Waals surface area (Å²) in [6.45, 7) is 5.00. The molecule has 2 aliphatic heterocycles. The lowest BCUT2D eigenvalue weighted by Gasteiger charge is -2.30. The highest BCUT2D eigenvalue weighted by Gasteiger charge is 2.48. The zero-order chi connectivity index (χ0) is 19.5. The van der Waals surface area contributed by atoms with Crippen LogP contribution >= 0.6 is 0 Å². The number of carbonyl (C=O) groups is 2. The van der Waals surface area contributed by atoms with Crippen molar-refractivity contribution in [1.29, 1.82) is 0 Å². The lowest BCUT2D eigenvalue weighted by Crippen LogP contribution is -2.41. The molecule has 4 rings (SSSR count). The zero-order valence-corrected chi connectivity index (χ0v) is 16.1. The van der Waals surface area contributed by atoms with Gasteiger partial charge in [0.1, 0.15) is 0 Å². The minimum atomic E-state index is -0.175. The second kappa shape index (κ2) is 8.10. The van der Waals surface area contributed by atoms with Crippen molar-refractivity contribution in [3.05, 3.63) is 66.0 Å². The van der Waals surface area contributed by atoms with E-state index in [-0.39, 0.29) is 24.4 Å². The molecule has 3 atom stereocenters. The van der Waals surface area contributed by atoms with Crippen LogP contribution in [0.5, 0.6) is 0 Å². The van der Waals surface area contributed by atoms with E-state index in [2.05, 4.69) is 33.4 Å². The molecule has 3 heterocycles. The van der Waals surface area contributed by atoms with Gasteiger partial charge in [-0.1, -0.05) is 36.4 Å². The molecule has 0 aliphatic carbocycles. The Labute approximate surface area is 165 Å². The third kappa shape index (κ3) is 3.92. The Morgan fingerprint density at radius 1 is 1.07 bits per heavy atom. The monoisotopic (exact) mass is 378 g/mol. The second-order valence-corrected chi connectivity index (χ2v) is 7.75. The fourth-order valence-corrected chi connectivity index (χ4v) is 4.62. The zero-order valence-electron chi connectivity index (χ0n) is 16.1. The maximum absolute atomic E-state index is 12.8. The molecule has 0 radical (unpaired) electrons. The van der Waals surface area contributed by atoms with Gasteiger partial charge in [-0.25, -0.2) is 0 Å². The Bertz CT molecular complexity index is 827. The first-order chi connectivity index (χ1) is 13.6. The number of nitrogens with one attached hydrogen (secondary N) is 1. The van der Waals surface area contributed by atoms with Crippen LogP contribution in [-0.2, 0) is 16.1 Å². The summed E-state index contributed by atoms with van der Waals surface area (Å²) >= 11 is 0. The SMILES string of the molecule is CC(=O)NCC(=O)N1C[C@@H]2CN(Cc3ccccn3)C[C@@H]2[C@H]1c1ccccc1. The molecule has 2 aliphatic rings. The number of likely N-dealkylation sites (tertiary alicyclic amines) is 2. The van der Waals surface area contributed by atoms with Crippen LogP contribution < -0.4 is 5.32 Å². The first-order valence-electron chi connectivity index (χ1n) is 9.83. The molecule has 2 fully saturated rings. The highest BCUT2D eigenvalue weighted by Crippen LogP contribution is 2.45. The Hall–Kier alpha value is -2.73. The Kier molecular flexibility index (Phi) is 5.39. The van der Waals surface area contributed by atoms with Gasteiger partial charge >= 0.3 is 0 Å². The molecular formula is C22H26N4O2. The van der Waals surface area contributed by atoms with Crippen molar-refractivity contribution in [2.75, 3.05) is 26.2 Å². The van der Waals surface area contributed by atoms with Crippen LogP contribution in [-0.4, -0.2) is 52.8 Å². The van der Waals surface area contributed by atoms with Crippen LogP contribution in [0, 0.1) is 11.8 Å². The number of pyridine rings is 1. The highest BCUT2D eigenvalue weighted by molar-refractivity contribution is 5.84. The van der Waals surface area contributed by atoms with E-state index < -0.39 is 0 Å². The molecular weight excluding hydrogens is 352 g/mol. The average Bonchev–Trinajstić information content (AvgIpc) is 3.24. The molecule has 28 heavy (non-hydrogen) atoms. The lowest BCUT2D eigenvalue weighted by molar-refractivity contribution is -0.133. The largest absolute Gasteiger partial charge is 0.347 e. The number of benzene rings is 1. The van der Waals surface area contributed by atoms with E-state index in [0.717, 1.165) is 31.9 Å². The average molecular weight is 378 g/mol. The first kappa shape index (κ1) is 18.6. The van der Waals surface area contributed by atoms with E-state index in [9.17, 15) is 9.59 Å².